The number of aromatic nitrogens is 4. The van der Waals surface area contributed by atoms with Crippen LogP contribution in [0, 0.1) is 6.92 Å². The molecule has 1 saturated heterocycles. The molecule has 0 saturated carbocycles. The minimum absolute atomic E-state index is 0.0565. The largest absolute Gasteiger partial charge is 0.453 e. The summed E-state index contributed by atoms with van der Waals surface area (Å²) < 4.78 is 39.1. The van der Waals surface area contributed by atoms with E-state index in [1.165, 1.54) is 0 Å². The van der Waals surface area contributed by atoms with Gasteiger partial charge in [0.1, 0.15) is 5.82 Å². The third kappa shape index (κ3) is 2.40. The van der Waals surface area contributed by atoms with Crippen molar-refractivity contribution < 1.29 is 13.2 Å². The number of alkyl halides is 3. The van der Waals surface area contributed by atoms with Crippen molar-refractivity contribution in [2.75, 3.05) is 18.5 Å². The third-order valence-corrected chi connectivity index (χ3v) is 3.07. The van der Waals surface area contributed by atoms with Gasteiger partial charge in [-0.3, -0.25) is 0 Å². The summed E-state index contributed by atoms with van der Waals surface area (Å²) in [6.45, 7) is 3.41. The number of nitrogens with zero attached hydrogens (tertiary/aromatic N) is 5. The highest BCUT2D eigenvalue weighted by atomic mass is 19.4. The van der Waals surface area contributed by atoms with Crippen LogP contribution >= 0.6 is 0 Å². The molecular weight excluding hydrogens is 273 g/mol. The molecule has 1 N–H and O–H groups in total. The van der Waals surface area contributed by atoms with Crippen molar-refractivity contribution in [3.8, 4) is 0 Å². The molecule has 0 unspecified atom stereocenters. The van der Waals surface area contributed by atoms with Crippen LogP contribution in [0.2, 0.25) is 0 Å². The Bertz CT molecular complexity index is 629. The Hall–Kier alpha value is -1.90. The molecule has 0 radical (unpaired) electrons. The number of hydrogen-bond acceptors (Lipinski definition) is 5. The first-order chi connectivity index (χ1) is 9.43. The summed E-state index contributed by atoms with van der Waals surface area (Å²) in [5.74, 6) is -0.795. The van der Waals surface area contributed by atoms with Crippen LogP contribution in [0.15, 0.2) is 6.07 Å². The fraction of sp³-hybridized carbons (Fsp3) is 0.545. The van der Waals surface area contributed by atoms with E-state index >= 15 is 0 Å². The number of hydrogen-bond donors (Lipinski definition) is 1. The van der Waals surface area contributed by atoms with E-state index < -0.39 is 12.0 Å². The average Bonchev–Trinajstić information content (AvgIpc) is 2.95. The Labute approximate surface area is 112 Å². The van der Waals surface area contributed by atoms with E-state index in [1.54, 1.807) is 13.0 Å². The highest BCUT2D eigenvalue weighted by Crippen LogP contribution is 2.27. The molecule has 1 fully saturated rings. The van der Waals surface area contributed by atoms with Gasteiger partial charge in [0.15, 0.2) is 0 Å². The van der Waals surface area contributed by atoms with Crippen molar-refractivity contribution in [1.29, 1.82) is 0 Å². The first-order valence-electron chi connectivity index (χ1n) is 6.27. The maximum absolute atomic E-state index is 12.7. The van der Waals surface area contributed by atoms with E-state index in [4.69, 9.17) is 0 Å². The molecule has 9 heteroatoms. The smallest absolute Gasteiger partial charge is 0.303 e. The van der Waals surface area contributed by atoms with Gasteiger partial charge in [0.2, 0.25) is 0 Å². The van der Waals surface area contributed by atoms with Crippen molar-refractivity contribution in [1.82, 2.24) is 24.6 Å². The number of nitrogens with one attached hydrogen (secondary N) is 1. The van der Waals surface area contributed by atoms with Gasteiger partial charge in [-0.2, -0.15) is 22.7 Å². The normalized spacial score (nSPS) is 17.0. The highest BCUT2D eigenvalue weighted by Gasteiger charge is 2.37. The van der Waals surface area contributed by atoms with Crippen LogP contribution in [0.25, 0.3) is 5.78 Å². The lowest BCUT2D eigenvalue weighted by molar-refractivity contribution is -0.144. The van der Waals surface area contributed by atoms with Crippen molar-refractivity contribution in [3.63, 3.8) is 0 Å². The number of anilines is 1. The molecule has 0 atom stereocenters. The van der Waals surface area contributed by atoms with E-state index in [0.717, 1.165) is 30.4 Å². The predicted octanol–water partition coefficient (Wildman–Crippen LogP) is 1.87. The molecule has 3 rings (SSSR count). The van der Waals surface area contributed by atoms with E-state index in [0.29, 0.717) is 11.5 Å². The summed E-state index contributed by atoms with van der Waals surface area (Å²) >= 11 is 0. The average molecular weight is 286 g/mol. The van der Waals surface area contributed by atoms with Gasteiger partial charge in [-0.25, -0.2) is 9.99 Å². The molecule has 1 aliphatic heterocycles. The Morgan fingerprint density at radius 3 is 2.55 bits per heavy atom. The summed E-state index contributed by atoms with van der Waals surface area (Å²) in [5.41, 5.74) is 3.66. The molecule has 2 aromatic rings. The zero-order chi connectivity index (χ0) is 14.3. The summed E-state index contributed by atoms with van der Waals surface area (Å²) in [6, 6.07) is 1.65. The summed E-state index contributed by atoms with van der Waals surface area (Å²) in [7, 11) is 0. The fourth-order valence-electron chi connectivity index (χ4n) is 2.18. The SMILES string of the molecule is Cc1cc(NN2CCCC2)n2nc(C(F)(F)F)nc2n1. The maximum atomic E-state index is 12.7. The maximum Gasteiger partial charge on any atom is 0.453 e. The van der Waals surface area contributed by atoms with Gasteiger partial charge in [0.05, 0.1) is 0 Å². The van der Waals surface area contributed by atoms with Crippen LogP contribution in [0.5, 0.6) is 0 Å². The highest BCUT2D eigenvalue weighted by molar-refractivity contribution is 5.44. The van der Waals surface area contributed by atoms with Crippen LogP contribution in [0.3, 0.4) is 0 Å². The van der Waals surface area contributed by atoms with Gasteiger partial charge >= 0.3 is 6.18 Å². The number of fused-ring (bicyclic) bond motifs is 1. The molecule has 0 aromatic carbocycles. The van der Waals surface area contributed by atoms with E-state index in [-0.39, 0.29) is 5.78 Å². The van der Waals surface area contributed by atoms with Gasteiger partial charge in [0, 0.05) is 24.8 Å². The van der Waals surface area contributed by atoms with Crippen molar-refractivity contribution in [2.45, 2.75) is 25.9 Å². The number of rotatable bonds is 2. The monoisotopic (exact) mass is 286 g/mol. The first kappa shape index (κ1) is 13.1. The molecule has 6 nitrogen and oxygen atoms in total. The summed E-state index contributed by atoms with van der Waals surface area (Å²) in [5, 5.41) is 5.44. The second-order valence-electron chi connectivity index (χ2n) is 4.73. The lowest BCUT2D eigenvalue weighted by Crippen LogP contribution is -2.27. The van der Waals surface area contributed by atoms with Crippen LogP contribution < -0.4 is 5.43 Å². The predicted molar refractivity (Wildman–Crippen MR) is 65.0 cm³/mol. The van der Waals surface area contributed by atoms with Crippen molar-refractivity contribution in [2.24, 2.45) is 0 Å². The molecule has 0 aliphatic carbocycles. The van der Waals surface area contributed by atoms with E-state index in [9.17, 15) is 13.2 Å². The molecule has 108 valence electrons. The van der Waals surface area contributed by atoms with E-state index in [2.05, 4.69) is 20.5 Å². The topological polar surface area (TPSA) is 58.4 Å². The second-order valence-corrected chi connectivity index (χ2v) is 4.73. The van der Waals surface area contributed by atoms with Crippen LogP contribution in [-0.4, -0.2) is 37.7 Å². The Morgan fingerprint density at radius 1 is 1.20 bits per heavy atom. The molecular formula is C11H13F3N6. The molecule has 3 heterocycles. The lowest BCUT2D eigenvalue weighted by Gasteiger charge is -2.18. The van der Waals surface area contributed by atoms with Gasteiger partial charge < -0.3 is 5.43 Å². The fourth-order valence-corrected chi connectivity index (χ4v) is 2.18. The van der Waals surface area contributed by atoms with Gasteiger partial charge in [-0.05, 0) is 19.8 Å². The van der Waals surface area contributed by atoms with Crippen molar-refractivity contribution >= 4 is 11.6 Å². The third-order valence-electron chi connectivity index (χ3n) is 3.07. The van der Waals surface area contributed by atoms with Gasteiger partial charge in [-0.15, -0.1) is 5.10 Å². The zero-order valence-electron chi connectivity index (χ0n) is 10.8. The molecule has 0 bridgehead atoms. The molecule has 20 heavy (non-hydrogen) atoms. The number of hydrazine groups is 1. The first-order valence-corrected chi connectivity index (χ1v) is 6.27. The molecule has 0 amide bonds. The van der Waals surface area contributed by atoms with Crippen molar-refractivity contribution in [3.05, 3.63) is 17.6 Å². The van der Waals surface area contributed by atoms with Crippen LogP contribution in [0.1, 0.15) is 24.4 Å². The summed E-state index contributed by atoms with van der Waals surface area (Å²) in [4.78, 5) is 7.41. The number of aryl methyl sites for hydroxylation is 1. The minimum atomic E-state index is -4.58. The molecule has 2 aromatic heterocycles. The standard InChI is InChI=1S/C11H13F3N6/c1-7-6-8(17-19-4-2-3-5-19)20-10(15-7)16-9(18-20)11(12,13)14/h6,17H,2-5H2,1H3. The minimum Gasteiger partial charge on any atom is -0.303 e. The Balaban J connectivity index is 2.03. The van der Waals surface area contributed by atoms with Crippen LogP contribution in [-0.2, 0) is 6.18 Å². The lowest BCUT2D eigenvalue weighted by atomic mass is 10.4. The van der Waals surface area contributed by atoms with Gasteiger partial charge in [0.25, 0.3) is 11.6 Å². The molecule has 1 aliphatic rings. The second kappa shape index (κ2) is 4.58. The molecule has 0 spiro atoms. The Morgan fingerprint density at radius 2 is 1.90 bits per heavy atom. The number of halogens is 3. The van der Waals surface area contributed by atoms with Crippen LogP contribution in [0.4, 0.5) is 19.0 Å². The van der Waals surface area contributed by atoms with Gasteiger partial charge in [-0.1, -0.05) is 0 Å². The van der Waals surface area contributed by atoms with E-state index in [1.807, 2.05) is 5.01 Å². The zero-order valence-corrected chi connectivity index (χ0v) is 10.8. The Kier molecular flexibility index (Phi) is 3.00. The summed E-state index contributed by atoms with van der Waals surface area (Å²) in [6.07, 6.45) is -2.46. The quantitative estimate of drug-likeness (QED) is 0.913.